The van der Waals surface area contributed by atoms with Crippen LogP contribution in [0.3, 0.4) is 0 Å². The molecule has 0 radical (unpaired) electrons. The fourth-order valence-corrected chi connectivity index (χ4v) is 2.72. The fourth-order valence-electron chi connectivity index (χ4n) is 2.37. The van der Waals surface area contributed by atoms with Crippen LogP contribution in [-0.2, 0) is 9.53 Å². The molecule has 0 atom stereocenters. The number of nitrogens with zero attached hydrogens (tertiary/aromatic N) is 2. The Bertz CT molecular complexity index is 656. The number of nitrogens with one attached hydrogen (secondary N) is 1. The lowest BCUT2D eigenvalue weighted by molar-refractivity contribution is -0.133. The van der Waals surface area contributed by atoms with E-state index in [1.807, 2.05) is 29.2 Å². The number of rotatable bonds is 3. The number of pyridine rings is 1. The number of benzene rings is 1. The topological polar surface area (TPSA) is 54.5 Å². The summed E-state index contributed by atoms with van der Waals surface area (Å²) in [6.07, 6.45) is 1.76. The Morgan fingerprint density at radius 1 is 1.38 bits per heavy atom. The maximum Gasteiger partial charge on any atom is 0.242 e. The third-order valence-corrected chi connectivity index (χ3v) is 3.91. The SMILES string of the molecule is O=C(CNc1cccc2cc(Br)cnc12)N1CCOCC1. The number of halogens is 1. The van der Waals surface area contributed by atoms with Gasteiger partial charge in [0.25, 0.3) is 0 Å². The van der Waals surface area contributed by atoms with Gasteiger partial charge in [-0.3, -0.25) is 9.78 Å². The van der Waals surface area contributed by atoms with Gasteiger partial charge in [-0.15, -0.1) is 0 Å². The second-order valence-electron chi connectivity index (χ2n) is 4.88. The molecular weight excluding hydrogens is 334 g/mol. The molecule has 21 heavy (non-hydrogen) atoms. The first-order valence-corrected chi connectivity index (χ1v) is 7.67. The number of carbonyl (C=O) groups excluding carboxylic acids is 1. The van der Waals surface area contributed by atoms with E-state index < -0.39 is 0 Å². The molecule has 1 N–H and O–H groups in total. The van der Waals surface area contributed by atoms with Gasteiger partial charge in [-0.2, -0.15) is 0 Å². The number of hydrogen-bond acceptors (Lipinski definition) is 4. The molecule has 0 saturated carbocycles. The number of amides is 1. The highest BCUT2D eigenvalue weighted by Crippen LogP contribution is 2.23. The van der Waals surface area contributed by atoms with Gasteiger partial charge in [0.2, 0.25) is 5.91 Å². The molecule has 6 heteroatoms. The smallest absolute Gasteiger partial charge is 0.242 e. The second-order valence-corrected chi connectivity index (χ2v) is 5.79. The molecular formula is C15H16BrN3O2. The van der Waals surface area contributed by atoms with Gasteiger partial charge in [0, 0.05) is 29.1 Å². The molecule has 5 nitrogen and oxygen atoms in total. The number of aromatic nitrogens is 1. The van der Waals surface area contributed by atoms with Crippen LogP contribution >= 0.6 is 15.9 Å². The summed E-state index contributed by atoms with van der Waals surface area (Å²) in [7, 11) is 0. The summed E-state index contributed by atoms with van der Waals surface area (Å²) in [4.78, 5) is 18.4. The predicted molar refractivity (Wildman–Crippen MR) is 85.3 cm³/mol. The lowest BCUT2D eigenvalue weighted by atomic mass is 10.2. The Labute approximate surface area is 131 Å². The van der Waals surface area contributed by atoms with Crippen molar-refractivity contribution < 1.29 is 9.53 Å². The lowest BCUT2D eigenvalue weighted by Crippen LogP contribution is -2.43. The van der Waals surface area contributed by atoms with Crippen LogP contribution in [0.4, 0.5) is 5.69 Å². The van der Waals surface area contributed by atoms with Crippen LogP contribution in [0.1, 0.15) is 0 Å². The fraction of sp³-hybridized carbons (Fsp3) is 0.333. The Morgan fingerprint density at radius 2 is 2.19 bits per heavy atom. The molecule has 1 amide bonds. The van der Waals surface area contributed by atoms with Gasteiger partial charge in [0.15, 0.2) is 0 Å². The van der Waals surface area contributed by atoms with Crippen LogP contribution in [0.15, 0.2) is 34.9 Å². The Morgan fingerprint density at radius 3 is 3.00 bits per heavy atom. The highest BCUT2D eigenvalue weighted by Gasteiger charge is 2.16. The van der Waals surface area contributed by atoms with Gasteiger partial charge in [0.1, 0.15) is 0 Å². The minimum absolute atomic E-state index is 0.0902. The first-order valence-electron chi connectivity index (χ1n) is 6.88. The molecule has 1 aliphatic rings. The normalized spacial score (nSPS) is 15.2. The van der Waals surface area contributed by atoms with Crippen LogP contribution < -0.4 is 5.32 Å². The summed E-state index contributed by atoms with van der Waals surface area (Å²) in [5.74, 6) is 0.0902. The van der Waals surface area contributed by atoms with Crippen molar-refractivity contribution in [3.8, 4) is 0 Å². The van der Waals surface area contributed by atoms with Crippen molar-refractivity contribution in [3.63, 3.8) is 0 Å². The molecule has 3 rings (SSSR count). The predicted octanol–water partition coefficient (Wildman–Crippen LogP) is 2.27. The summed E-state index contributed by atoms with van der Waals surface area (Å²) in [6.45, 7) is 2.85. The standard InChI is InChI=1S/C15H16BrN3O2/c16-12-8-11-2-1-3-13(15(11)18-9-12)17-10-14(20)19-4-6-21-7-5-19/h1-3,8-9,17H,4-7,10H2. The molecule has 2 aromatic rings. The summed E-state index contributed by atoms with van der Waals surface area (Å²) in [5.41, 5.74) is 1.75. The largest absolute Gasteiger partial charge is 0.378 e. The van der Waals surface area contributed by atoms with E-state index in [2.05, 4.69) is 26.2 Å². The molecule has 1 aromatic heterocycles. The van der Waals surface area contributed by atoms with E-state index >= 15 is 0 Å². The first kappa shape index (κ1) is 14.3. The summed E-state index contributed by atoms with van der Waals surface area (Å²) in [6, 6.07) is 7.91. The minimum atomic E-state index is 0.0902. The van der Waals surface area contributed by atoms with Gasteiger partial charge in [-0.05, 0) is 28.1 Å². The lowest BCUT2D eigenvalue weighted by Gasteiger charge is -2.27. The molecule has 2 heterocycles. The third kappa shape index (κ3) is 3.33. The minimum Gasteiger partial charge on any atom is -0.378 e. The summed E-state index contributed by atoms with van der Waals surface area (Å²) in [5, 5.41) is 4.23. The number of ether oxygens (including phenoxy) is 1. The average molecular weight is 350 g/mol. The van der Waals surface area contributed by atoms with Crippen molar-refractivity contribution in [1.82, 2.24) is 9.88 Å². The van der Waals surface area contributed by atoms with Gasteiger partial charge in [0.05, 0.1) is 31.0 Å². The average Bonchev–Trinajstić information content (AvgIpc) is 2.53. The Balaban J connectivity index is 1.71. The van der Waals surface area contributed by atoms with Crippen LogP contribution in [0.25, 0.3) is 10.9 Å². The highest BCUT2D eigenvalue weighted by molar-refractivity contribution is 9.10. The van der Waals surface area contributed by atoms with Crippen molar-refractivity contribution in [1.29, 1.82) is 0 Å². The van der Waals surface area contributed by atoms with Crippen molar-refractivity contribution in [3.05, 3.63) is 34.9 Å². The molecule has 0 spiro atoms. The van der Waals surface area contributed by atoms with E-state index in [-0.39, 0.29) is 12.5 Å². The zero-order chi connectivity index (χ0) is 14.7. The zero-order valence-electron chi connectivity index (χ0n) is 11.5. The number of morpholine rings is 1. The van der Waals surface area contributed by atoms with E-state index in [0.717, 1.165) is 21.1 Å². The number of fused-ring (bicyclic) bond motifs is 1. The van der Waals surface area contributed by atoms with Crippen molar-refractivity contribution in [2.24, 2.45) is 0 Å². The number of para-hydroxylation sites is 1. The van der Waals surface area contributed by atoms with E-state index in [4.69, 9.17) is 4.74 Å². The zero-order valence-corrected chi connectivity index (χ0v) is 13.1. The second kappa shape index (κ2) is 6.41. The van der Waals surface area contributed by atoms with Gasteiger partial charge in [-0.25, -0.2) is 0 Å². The van der Waals surface area contributed by atoms with E-state index in [1.54, 1.807) is 6.20 Å². The molecule has 0 aliphatic carbocycles. The van der Waals surface area contributed by atoms with E-state index in [1.165, 1.54) is 0 Å². The van der Waals surface area contributed by atoms with Crippen LogP contribution in [0, 0.1) is 0 Å². The Kier molecular flexibility index (Phi) is 4.36. The first-order chi connectivity index (χ1) is 10.2. The third-order valence-electron chi connectivity index (χ3n) is 3.47. The van der Waals surface area contributed by atoms with Crippen LogP contribution in [0.5, 0.6) is 0 Å². The van der Waals surface area contributed by atoms with Crippen LogP contribution in [-0.4, -0.2) is 48.6 Å². The molecule has 0 unspecified atom stereocenters. The molecule has 0 bridgehead atoms. The molecule has 1 aromatic carbocycles. The molecule has 1 aliphatic heterocycles. The summed E-state index contributed by atoms with van der Waals surface area (Å²) < 4.78 is 6.19. The number of carbonyl (C=O) groups is 1. The van der Waals surface area contributed by atoms with Gasteiger partial charge < -0.3 is 15.0 Å². The maximum absolute atomic E-state index is 12.1. The van der Waals surface area contributed by atoms with Crippen molar-refractivity contribution in [2.45, 2.75) is 0 Å². The number of hydrogen-bond donors (Lipinski definition) is 1. The van der Waals surface area contributed by atoms with Crippen molar-refractivity contribution >= 4 is 38.4 Å². The quantitative estimate of drug-likeness (QED) is 0.923. The molecule has 110 valence electrons. The van der Waals surface area contributed by atoms with E-state index in [9.17, 15) is 4.79 Å². The summed E-state index contributed by atoms with van der Waals surface area (Å²) >= 11 is 3.42. The monoisotopic (exact) mass is 349 g/mol. The Hall–Kier alpha value is -1.66. The molecule has 1 saturated heterocycles. The van der Waals surface area contributed by atoms with Crippen LogP contribution in [0.2, 0.25) is 0 Å². The highest BCUT2D eigenvalue weighted by atomic mass is 79.9. The maximum atomic E-state index is 12.1. The molecule has 1 fully saturated rings. The van der Waals surface area contributed by atoms with Gasteiger partial charge >= 0.3 is 0 Å². The number of anilines is 1. The van der Waals surface area contributed by atoms with E-state index in [0.29, 0.717) is 26.3 Å². The van der Waals surface area contributed by atoms with Gasteiger partial charge in [-0.1, -0.05) is 12.1 Å². The van der Waals surface area contributed by atoms with Crippen molar-refractivity contribution in [2.75, 3.05) is 38.2 Å².